The van der Waals surface area contributed by atoms with Crippen molar-refractivity contribution in [3.05, 3.63) is 48.0 Å². The molecule has 1 amide bonds. The Hall–Kier alpha value is -2.82. The van der Waals surface area contributed by atoms with Gasteiger partial charge in [0.15, 0.2) is 6.29 Å². The molecule has 2 aliphatic rings. The maximum atomic E-state index is 13.5. The van der Waals surface area contributed by atoms with Gasteiger partial charge in [0.1, 0.15) is 17.6 Å². The molecule has 3 heterocycles. The maximum Gasteiger partial charge on any atom is 0.414 e. The Bertz CT molecular complexity index is 957. The smallest absolute Gasteiger partial charge is 0.414 e. The molecule has 2 saturated heterocycles. The second-order valence-corrected chi connectivity index (χ2v) is 8.33. The Morgan fingerprint density at radius 3 is 3.00 bits per heavy atom. The molecule has 4 rings (SSSR count). The molecule has 2 aliphatic heterocycles. The zero-order valence-corrected chi connectivity index (χ0v) is 18.2. The van der Waals surface area contributed by atoms with Crippen molar-refractivity contribution in [3.63, 3.8) is 0 Å². The summed E-state index contributed by atoms with van der Waals surface area (Å²) < 4.78 is 25.9. The van der Waals surface area contributed by atoms with Gasteiger partial charge in [-0.05, 0) is 44.7 Å². The summed E-state index contributed by atoms with van der Waals surface area (Å²) in [4.78, 5) is 15.8. The number of benzene rings is 1. The molecule has 1 N–H and O–H groups in total. The average molecular weight is 445 g/mol. The summed E-state index contributed by atoms with van der Waals surface area (Å²) in [6.45, 7) is 3.35. The van der Waals surface area contributed by atoms with Crippen molar-refractivity contribution in [2.75, 3.05) is 25.0 Å². The van der Waals surface area contributed by atoms with Crippen molar-refractivity contribution < 1.29 is 23.8 Å². The molecule has 0 bridgehead atoms. The normalized spacial score (nSPS) is 26.3. The molecule has 0 spiro atoms. The lowest BCUT2D eigenvalue weighted by atomic mass is 10.0. The van der Waals surface area contributed by atoms with E-state index >= 15 is 0 Å². The molecule has 1 aromatic heterocycles. The van der Waals surface area contributed by atoms with E-state index in [4.69, 9.17) is 9.47 Å². The first kappa shape index (κ1) is 22.4. The second-order valence-electron chi connectivity index (χ2n) is 8.33. The van der Waals surface area contributed by atoms with Crippen LogP contribution < -0.4 is 4.90 Å². The molecule has 0 unspecified atom stereocenters. The van der Waals surface area contributed by atoms with Gasteiger partial charge in [-0.2, -0.15) is 0 Å². The third-order valence-electron chi connectivity index (χ3n) is 5.71. The van der Waals surface area contributed by atoms with Gasteiger partial charge in [0.05, 0.1) is 31.1 Å². The predicted molar refractivity (Wildman–Crippen MR) is 115 cm³/mol. The van der Waals surface area contributed by atoms with Crippen LogP contribution in [0.25, 0.3) is 6.08 Å². The maximum absolute atomic E-state index is 13.5. The summed E-state index contributed by atoms with van der Waals surface area (Å²) >= 11 is 0. The number of carbonyl (C=O) groups excluding carboxylic acids is 1. The molecule has 0 saturated carbocycles. The van der Waals surface area contributed by atoms with Crippen LogP contribution in [0.4, 0.5) is 14.9 Å². The minimum Gasteiger partial charge on any atom is -0.442 e. The number of aliphatic hydroxyl groups is 1. The summed E-state index contributed by atoms with van der Waals surface area (Å²) in [5, 5.41) is 18.0. The summed E-state index contributed by atoms with van der Waals surface area (Å²) in [6.07, 6.45) is 5.57. The molecule has 32 heavy (non-hydrogen) atoms. The van der Waals surface area contributed by atoms with E-state index in [1.165, 1.54) is 17.0 Å². The first-order valence-electron chi connectivity index (χ1n) is 10.7. The van der Waals surface area contributed by atoms with Crippen LogP contribution in [0.5, 0.6) is 0 Å². The van der Waals surface area contributed by atoms with Crippen LogP contribution in [0.2, 0.25) is 0 Å². The Morgan fingerprint density at radius 2 is 2.22 bits per heavy atom. The van der Waals surface area contributed by atoms with E-state index in [0.717, 1.165) is 6.42 Å². The SMILES string of the molecule is C[C@@H]1C[C@H](N(C)C/C=C/c2cn(C[C@H]3CN(c4cccc(F)c4)C(=O)O3)nn2)C[C@H](O)O1. The number of anilines is 1. The van der Waals surface area contributed by atoms with Gasteiger partial charge in [0, 0.05) is 19.0 Å². The minimum atomic E-state index is -0.711. The van der Waals surface area contributed by atoms with E-state index in [-0.39, 0.29) is 12.1 Å². The topological polar surface area (TPSA) is 93.0 Å². The molecule has 2 fully saturated rings. The highest BCUT2D eigenvalue weighted by Gasteiger charge is 2.33. The first-order chi connectivity index (χ1) is 15.4. The van der Waals surface area contributed by atoms with Gasteiger partial charge in [-0.15, -0.1) is 5.10 Å². The molecular weight excluding hydrogens is 417 g/mol. The van der Waals surface area contributed by atoms with Crippen LogP contribution >= 0.6 is 0 Å². The van der Waals surface area contributed by atoms with Gasteiger partial charge in [0.25, 0.3) is 0 Å². The van der Waals surface area contributed by atoms with Gasteiger partial charge in [-0.25, -0.2) is 13.9 Å². The Kier molecular flexibility index (Phi) is 6.83. The number of hydrogen-bond acceptors (Lipinski definition) is 7. The summed E-state index contributed by atoms with van der Waals surface area (Å²) in [5.41, 5.74) is 1.17. The van der Waals surface area contributed by atoms with Crippen molar-refractivity contribution >= 4 is 17.9 Å². The number of likely N-dealkylation sites (N-methyl/N-ethyl adjacent to an activating group) is 1. The first-order valence-corrected chi connectivity index (χ1v) is 10.7. The molecule has 2 aromatic rings. The number of halogens is 1. The van der Waals surface area contributed by atoms with Crippen molar-refractivity contribution in [3.8, 4) is 0 Å². The van der Waals surface area contributed by atoms with E-state index in [1.807, 2.05) is 26.1 Å². The number of aliphatic hydroxyl groups excluding tert-OH is 1. The predicted octanol–water partition coefficient (Wildman–Crippen LogP) is 2.27. The Labute approximate surface area is 186 Å². The number of amides is 1. The van der Waals surface area contributed by atoms with E-state index < -0.39 is 24.3 Å². The van der Waals surface area contributed by atoms with E-state index in [9.17, 15) is 14.3 Å². The van der Waals surface area contributed by atoms with Crippen molar-refractivity contribution in [1.82, 2.24) is 19.9 Å². The highest BCUT2D eigenvalue weighted by Crippen LogP contribution is 2.23. The molecule has 172 valence electrons. The zero-order valence-electron chi connectivity index (χ0n) is 18.2. The van der Waals surface area contributed by atoms with Crippen LogP contribution in [0.1, 0.15) is 25.5 Å². The van der Waals surface area contributed by atoms with Gasteiger partial charge in [-0.1, -0.05) is 17.4 Å². The fourth-order valence-electron chi connectivity index (χ4n) is 4.10. The number of hydrogen-bond donors (Lipinski definition) is 1. The Morgan fingerprint density at radius 1 is 1.38 bits per heavy atom. The highest BCUT2D eigenvalue weighted by molar-refractivity contribution is 5.89. The molecule has 4 atom stereocenters. The molecule has 0 aliphatic carbocycles. The fourth-order valence-corrected chi connectivity index (χ4v) is 4.10. The fraction of sp³-hybridized carbons (Fsp3) is 0.500. The molecule has 0 radical (unpaired) electrons. The van der Waals surface area contributed by atoms with Gasteiger partial charge in [-0.3, -0.25) is 9.80 Å². The number of ether oxygens (including phenoxy) is 2. The summed E-state index contributed by atoms with van der Waals surface area (Å²) in [7, 11) is 2.02. The van der Waals surface area contributed by atoms with Crippen LogP contribution in [-0.2, 0) is 16.0 Å². The van der Waals surface area contributed by atoms with Crippen molar-refractivity contribution in [2.45, 2.75) is 50.8 Å². The zero-order chi connectivity index (χ0) is 22.7. The van der Waals surface area contributed by atoms with Gasteiger partial charge >= 0.3 is 6.09 Å². The van der Waals surface area contributed by atoms with Gasteiger partial charge < -0.3 is 14.6 Å². The number of cyclic esters (lactones) is 1. The summed E-state index contributed by atoms with van der Waals surface area (Å²) in [5.74, 6) is -0.403. The Balaban J connectivity index is 1.28. The number of aromatic nitrogens is 3. The monoisotopic (exact) mass is 445 g/mol. The lowest BCUT2D eigenvalue weighted by Gasteiger charge is -2.36. The molecule has 1 aromatic carbocycles. The van der Waals surface area contributed by atoms with Gasteiger partial charge in [0.2, 0.25) is 0 Å². The quantitative estimate of drug-likeness (QED) is 0.699. The molecule has 10 heteroatoms. The van der Waals surface area contributed by atoms with E-state index in [2.05, 4.69) is 15.2 Å². The number of rotatable bonds is 7. The van der Waals surface area contributed by atoms with E-state index in [0.29, 0.717) is 37.4 Å². The third-order valence-corrected chi connectivity index (χ3v) is 5.71. The standard InChI is InChI=1S/C22H28FN5O4/c1-15-9-19(11-21(29)31-15)26(2)8-4-6-17-12-27(25-24-17)13-20-14-28(22(30)32-20)18-7-3-5-16(23)10-18/h3-7,10,12,15,19-21,29H,8-9,11,13-14H2,1-2H3/b6-4+/t15-,19+,20+,21-/m1/s1. The lowest BCUT2D eigenvalue weighted by Crippen LogP contribution is -2.43. The summed E-state index contributed by atoms with van der Waals surface area (Å²) in [6, 6.07) is 6.12. The highest BCUT2D eigenvalue weighted by atomic mass is 19.1. The number of carbonyl (C=O) groups is 1. The molecule has 9 nitrogen and oxygen atoms in total. The van der Waals surface area contributed by atoms with Crippen LogP contribution in [0.3, 0.4) is 0 Å². The lowest BCUT2D eigenvalue weighted by molar-refractivity contribution is -0.173. The van der Waals surface area contributed by atoms with Crippen molar-refractivity contribution in [1.29, 1.82) is 0 Å². The largest absolute Gasteiger partial charge is 0.442 e. The van der Waals surface area contributed by atoms with Crippen LogP contribution in [0.15, 0.2) is 36.5 Å². The van der Waals surface area contributed by atoms with Crippen LogP contribution in [0, 0.1) is 5.82 Å². The second kappa shape index (κ2) is 9.76. The van der Waals surface area contributed by atoms with E-state index in [1.54, 1.807) is 23.0 Å². The third kappa shape index (κ3) is 5.50. The van der Waals surface area contributed by atoms with Crippen LogP contribution in [-0.4, -0.2) is 75.8 Å². The minimum absolute atomic E-state index is 0.0385. The van der Waals surface area contributed by atoms with Crippen molar-refractivity contribution in [2.24, 2.45) is 0 Å². The molecular formula is C22H28FN5O4. The average Bonchev–Trinajstić information content (AvgIpc) is 3.33. The number of nitrogens with zero attached hydrogens (tertiary/aromatic N) is 5.